The van der Waals surface area contributed by atoms with Crippen LogP contribution < -0.4 is 4.90 Å². The van der Waals surface area contributed by atoms with E-state index in [-0.39, 0.29) is 17.5 Å². The number of amides is 1. The first kappa shape index (κ1) is 21.1. The van der Waals surface area contributed by atoms with Gasteiger partial charge in [-0.1, -0.05) is 31.9 Å². The van der Waals surface area contributed by atoms with Crippen LogP contribution in [0.4, 0.5) is 10.1 Å². The molecule has 0 aliphatic heterocycles. The van der Waals surface area contributed by atoms with Crippen LogP contribution in [0.3, 0.4) is 0 Å². The largest absolute Gasteiger partial charge is 0.313 e. The molecule has 0 aliphatic carbocycles. The number of ketones is 1. The lowest BCUT2D eigenvalue weighted by molar-refractivity contribution is -0.116. The zero-order valence-corrected chi connectivity index (χ0v) is 15.5. The van der Waals surface area contributed by atoms with Gasteiger partial charge in [-0.25, -0.2) is 4.39 Å². The molecule has 2 aromatic carbocycles. The fourth-order valence-electron chi connectivity index (χ4n) is 2.30. The Morgan fingerprint density at radius 2 is 1.77 bits per heavy atom. The van der Waals surface area contributed by atoms with Crippen molar-refractivity contribution in [2.75, 3.05) is 11.4 Å². The number of benzene rings is 2. The average Bonchev–Trinajstić information content (AvgIpc) is 2.66. The highest BCUT2D eigenvalue weighted by Crippen LogP contribution is 2.15. The summed E-state index contributed by atoms with van der Waals surface area (Å²) in [6, 6.07) is 13.2. The highest BCUT2D eigenvalue weighted by molar-refractivity contribution is 5.95. The summed E-state index contributed by atoms with van der Waals surface area (Å²) in [6.45, 7) is 6.12. The third-order valence-electron chi connectivity index (χ3n) is 3.64. The summed E-state index contributed by atoms with van der Waals surface area (Å²) in [6.07, 6.45) is 6.62. The first-order chi connectivity index (χ1) is 12.4. The fourth-order valence-corrected chi connectivity index (χ4v) is 2.30. The topological polar surface area (TPSA) is 37.4 Å². The summed E-state index contributed by atoms with van der Waals surface area (Å²) in [4.78, 5) is 24.1. The highest BCUT2D eigenvalue weighted by atomic mass is 19.1. The van der Waals surface area contributed by atoms with Gasteiger partial charge in [0.05, 0.1) is 0 Å². The zero-order chi connectivity index (χ0) is 19.5. The second-order valence-electron chi connectivity index (χ2n) is 5.65. The maximum absolute atomic E-state index is 12.5. The number of nitrogens with zero attached hydrogens (tertiary/aromatic N) is 1. The fraction of sp³-hybridized carbons (Fsp3) is 0.273. The van der Waals surface area contributed by atoms with Crippen LogP contribution in [0, 0.1) is 18.2 Å². The van der Waals surface area contributed by atoms with Crippen molar-refractivity contribution >= 4 is 17.4 Å². The Morgan fingerprint density at radius 3 is 2.23 bits per heavy atom. The number of carbonyl (C=O) groups excluding carboxylic acids is 2. The summed E-state index contributed by atoms with van der Waals surface area (Å²) in [7, 11) is 0. The number of anilines is 1. The van der Waals surface area contributed by atoms with Crippen molar-refractivity contribution in [1.82, 2.24) is 0 Å². The molecule has 0 N–H and O–H groups in total. The van der Waals surface area contributed by atoms with Crippen LogP contribution in [0.1, 0.15) is 49.5 Å². The number of Topliss-reactive ketones (excluding diaryl/α,β-unsaturated/α-hetero) is 1. The molecule has 0 spiro atoms. The van der Waals surface area contributed by atoms with Gasteiger partial charge in [0, 0.05) is 36.7 Å². The van der Waals surface area contributed by atoms with Gasteiger partial charge in [-0.2, -0.15) is 0 Å². The standard InChI is InChI=1S/C13H15NO.C9H9FO/c1-4-10-14(11(3)15)13-8-6-12(5-2)7-9-13;1-2-9(11)7-4-3-5-8(10)6-7/h2,6-9H,4,10H2,1,3H3;3-6H,2H2,1H3. The van der Waals surface area contributed by atoms with Gasteiger partial charge in [0.15, 0.2) is 5.78 Å². The van der Waals surface area contributed by atoms with Crippen LogP contribution in [-0.4, -0.2) is 18.2 Å². The van der Waals surface area contributed by atoms with E-state index in [1.807, 2.05) is 31.2 Å². The van der Waals surface area contributed by atoms with Gasteiger partial charge >= 0.3 is 0 Å². The van der Waals surface area contributed by atoms with E-state index < -0.39 is 0 Å². The third kappa shape index (κ3) is 6.52. The van der Waals surface area contributed by atoms with Crippen molar-refractivity contribution in [1.29, 1.82) is 0 Å². The van der Waals surface area contributed by atoms with E-state index in [0.717, 1.165) is 24.2 Å². The Morgan fingerprint density at radius 1 is 1.12 bits per heavy atom. The number of rotatable bonds is 5. The molecule has 2 rings (SSSR count). The lowest BCUT2D eigenvalue weighted by atomic mass is 10.1. The molecule has 0 aliphatic rings. The Bertz CT molecular complexity index is 775. The van der Waals surface area contributed by atoms with Crippen molar-refractivity contribution in [3.05, 3.63) is 65.5 Å². The molecule has 26 heavy (non-hydrogen) atoms. The lowest BCUT2D eigenvalue weighted by Gasteiger charge is -2.20. The summed E-state index contributed by atoms with van der Waals surface area (Å²) in [5.74, 6) is 2.23. The van der Waals surface area contributed by atoms with Crippen molar-refractivity contribution in [2.24, 2.45) is 0 Å². The summed E-state index contributed by atoms with van der Waals surface area (Å²) >= 11 is 0. The number of halogens is 1. The summed E-state index contributed by atoms with van der Waals surface area (Å²) in [5, 5.41) is 0. The van der Waals surface area contributed by atoms with E-state index in [1.165, 1.54) is 18.2 Å². The minimum atomic E-state index is -0.357. The van der Waals surface area contributed by atoms with E-state index in [9.17, 15) is 14.0 Å². The molecule has 2 aromatic rings. The van der Waals surface area contributed by atoms with Crippen LogP contribution in [0.2, 0.25) is 0 Å². The smallest absolute Gasteiger partial charge is 0.223 e. The predicted molar refractivity (Wildman–Crippen MR) is 104 cm³/mol. The number of carbonyl (C=O) groups is 2. The van der Waals surface area contributed by atoms with E-state index >= 15 is 0 Å². The van der Waals surface area contributed by atoms with Gasteiger partial charge in [0.1, 0.15) is 5.82 Å². The molecular weight excluding hydrogens is 329 g/mol. The quantitative estimate of drug-likeness (QED) is 0.569. The predicted octanol–water partition coefficient (Wildman–Crippen LogP) is 4.85. The maximum Gasteiger partial charge on any atom is 0.223 e. The normalized spacial score (nSPS) is 9.50. The van der Waals surface area contributed by atoms with Crippen molar-refractivity contribution in [3.8, 4) is 12.3 Å². The molecule has 136 valence electrons. The van der Waals surface area contributed by atoms with Gasteiger partial charge in [-0.05, 0) is 42.8 Å². The Kier molecular flexibility index (Phi) is 8.80. The van der Waals surface area contributed by atoms with Crippen LogP contribution in [-0.2, 0) is 4.79 Å². The summed E-state index contributed by atoms with van der Waals surface area (Å²) in [5.41, 5.74) is 2.19. The number of hydrogen-bond acceptors (Lipinski definition) is 2. The van der Waals surface area contributed by atoms with Gasteiger partial charge in [0.25, 0.3) is 0 Å². The van der Waals surface area contributed by atoms with Gasteiger partial charge in [-0.3, -0.25) is 9.59 Å². The highest BCUT2D eigenvalue weighted by Gasteiger charge is 2.09. The first-order valence-electron chi connectivity index (χ1n) is 8.56. The molecular formula is C22H24FNO2. The number of terminal acetylenes is 1. The van der Waals surface area contributed by atoms with Crippen molar-refractivity contribution in [3.63, 3.8) is 0 Å². The second kappa shape index (κ2) is 10.8. The summed E-state index contributed by atoms with van der Waals surface area (Å²) < 4.78 is 12.5. The monoisotopic (exact) mass is 353 g/mol. The Labute approximate surface area is 154 Å². The Balaban J connectivity index is 0.000000273. The van der Waals surface area contributed by atoms with Crippen molar-refractivity contribution < 1.29 is 14.0 Å². The number of hydrogen-bond donors (Lipinski definition) is 0. The zero-order valence-electron chi connectivity index (χ0n) is 15.5. The van der Waals surface area contributed by atoms with Gasteiger partial charge < -0.3 is 4.90 Å². The molecule has 3 nitrogen and oxygen atoms in total. The third-order valence-corrected chi connectivity index (χ3v) is 3.64. The molecule has 0 bridgehead atoms. The van der Waals surface area contributed by atoms with E-state index in [1.54, 1.807) is 24.8 Å². The minimum Gasteiger partial charge on any atom is -0.313 e. The molecule has 0 atom stereocenters. The molecule has 0 saturated heterocycles. The first-order valence-corrected chi connectivity index (χ1v) is 8.56. The molecule has 0 heterocycles. The van der Waals surface area contributed by atoms with Crippen LogP contribution in [0.15, 0.2) is 48.5 Å². The molecule has 0 saturated carbocycles. The van der Waals surface area contributed by atoms with E-state index in [2.05, 4.69) is 5.92 Å². The molecule has 0 aromatic heterocycles. The SMILES string of the molecule is C#Cc1ccc(N(CCC)C(C)=O)cc1.CCC(=O)c1cccc(F)c1. The van der Waals surface area contributed by atoms with E-state index in [4.69, 9.17) is 6.42 Å². The molecule has 1 amide bonds. The van der Waals surface area contributed by atoms with Gasteiger partial charge in [0.2, 0.25) is 5.91 Å². The van der Waals surface area contributed by atoms with E-state index in [0.29, 0.717) is 12.0 Å². The van der Waals surface area contributed by atoms with Gasteiger partial charge in [-0.15, -0.1) is 6.42 Å². The lowest BCUT2D eigenvalue weighted by Crippen LogP contribution is -2.28. The second-order valence-corrected chi connectivity index (χ2v) is 5.65. The van der Waals surface area contributed by atoms with Crippen LogP contribution in [0.25, 0.3) is 0 Å². The maximum atomic E-state index is 12.5. The van der Waals surface area contributed by atoms with Crippen LogP contribution in [0.5, 0.6) is 0 Å². The molecule has 0 fully saturated rings. The minimum absolute atomic E-state index is 0.0236. The molecule has 4 heteroatoms. The van der Waals surface area contributed by atoms with Crippen LogP contribution >= 0.6 is 0 Å². The molecule has 0 unspecified atom stereocenters. The average molecular weight is 353 g/mol. The Hall–Kier alpha value is -2.93. The molecule has 0 radical (unpaired) electrons. The van der Waals surface area contributed by atoms with Crippen molar-refractivity contribution in [2.45, 2.75) is 33.6 Å².